The fourth-order valence-corrected chi connectivity index (χ4v) is 1.28. The monoisotopic (exact) mass is 212 g/mol. The number of hydrogen-bond acceptors (Lipinski definition) is 3. The summed E-state index contributed by atoms with van der Waals surface area (Å²) in [6.45, 7) is 0. The summed E-state index contributed by atoms with van der Waals surface area (Å²) in [7, 11) is 0. The molecule has 1 aliphatic carbocycles. The van der Waals surface area contributed by atoms with Gasteiger partial charge in [0.15, 0.2) is 10.9 Å². The highest BCUT2D eigenvalue weighted by Gasteiger charge is 2.27. The van der Waals surface area contributed by atoms with Gasteiger partial charge < -0.3 is 10.5 Å². The number of rotatable bonds is 3. The summed E-state index contributed by atoms with van der Waals surface area (Å²) in [6.07, 6.45) is 3.57. The molecule has 0 bridgehead atoms. The minimum absolute atomic E-state index is 0.162. The number of pyridine rings is 1. The Labute approximate surface area is 86.0 Å². The standard InChI is InChI=1S/C9H9ClN2O2/c10-8-7(14-5-1-2-5)6(9(11)13)3-4-12-8/h3-5H,1-2H2,(H2,11,13). The van der Waals surface area contributed by atoms with Crippen LogP contribution in [0, 0.1) is 0 Å². The Morgan fingerprint density at radius 2 is 2.36 bits per heavy atom. The van der Waals surface area contributed by atoms with Gasteiger partial charge in [0.05, 0.1) is 11.7 Å². The SMILES string of the molecule is NC(=O)c1ccnc(Cl)c1OC1CC1. The second-order valence-electron chi connectivity index (χ2n) is 3.16. The molecule has 1 aliphatic rings. The first-order valence-electron chi connectivity index (χ1n) is 4.29. The molecule has 14 heavy (non-hydrogen) atoms. The largest absolute Gasteiger partial charge is 0.486 e. The first kappa shape index (κ1) is 9.27. The normalized spacial score (nSPS) is 15.2. The van der Waals surface area contributed by atoms with Gasteiger partial charge in [-0.25, -0.2) is 4.98 Å². The minimum Gasteiger partial charge on any atom is -0.486 e. The van der Waals surface area contributed by atoms with Crippen molar-refractivity contribution < 1.29 is 9.53 Å². The zero-order valence-electron chi connectivity index (χ0n) is 7.37. The molecule has 2 rings (SSSR count). The van der Waals surface area contributed by atoms with Crippen LogP contribution >= 0.6 is 11.6 Å². The summed E-state index contributed by atoms with van der Waals surface area (Å²) in [5.41, 5.74) is 5.46. The molecule has 1 heterocycles. The average molecular weight is 213 g/mol. The Morgan fingerprint density at radius 1 is 1.64 bits per heavy atom. The van der Waals surface area contributed by atoms with Crippen LogP contribution in [0.2, 0.25) is 5.15 Å². The summed E-state index contributed by atoms with van der Waals surface area (Å²) < 4.78 is 5.45. The van der Waals surface area contributed by atoms with E-state index in [9.17, 15) is 4.79 Å². The average Bonchev–Trinajstić information content (AvgIpc) is 2.91. The van der Waals surface area contributed by atoms with Gasteiger partial charge >= 0.3 is 0 Å². The Morgan fingerprint density at radius 3 is 2.93 bits per heavy atom. The zero-order chi connectivity index (χ0) is 10.1. The van der Waals surface area contributed by atoms with Crippen molar-refractivity contribution in [1.82, 2.24) is 4.98 Å². The molecule has 0 saturated heterocycles. The maximum atomic E-state index is 11.0. The molecule has 0 atom stereocenters. The van der Waals surface area contributed by atoms with Crippen molar-refractivity contribution in [1.29, 1.82) is 0 Å². The van der Waals surface area contributed by atoms with Crippen molar-refractivity contribution >= 4 is 17.5 Å². The van der Waals surface area contributed by atoms with Gasteiger partial charge in [-0.15, -0.1) is 0 Å². The number of hydrogen-bond donors (Lipinski definition) is 1. The Balaban J connectivity index is 2.36. The third-order valence-electron chi connectivity index (χ3n) is 1.94. The maximum absolute atomic E-state index is 11.0. The van der Waals surface area contributed by atoms with Gasteiger partial charge in [0.1, 0.15) is 0 Å². The van der Waals surface area contributed by atoms with E-state index in [-0.39, 0.29) is 16.8 Å². The molecular weight excluding hydrogens is 204 g/mol. The molecule has 0 aliphatic heterocycles. The molecule has 1 saturated carbocycles. The highest BCUT2D eigenvalue weighted by molar-refractivity contribution is 6.31. The quantitative estimate of drug-likeness (QED) is 0.770. The van der Waals surface area contributed by atoms with Crippen molar-refractivity contribution in [2.24, 2.45) is 5.73 Å². The molecular formula is C9H9ClN2O2. The van der Waals surface area contributed by atoms with Gasteiger partial charge in [-0.2, -0.15) is 0 Å². The molecule has 2 N–H and O–H groups in total. The van der Waals surface area contributed by atoms with Gasteiger partial charge in [-0.3, -0.25) is 4.79 Å². The molecule has 1 aromatic rings. The van der Waals surface area contributed by atoms with E-state index in [0.717, 1.165) is 12.8 Å². The van der Waals surface area contributed by atoms with Crippen LogP contribution in [0.25, 0.3) is 0 Å². The van der Waals surface area contributed by atoms with Crippen LogP contribution in [0.3, 0.4) is 0 Å². The summed E-state index contributed by atoms with van der Waals surface area (Å²) in [6, 6.07) is 1.51. The first-order chi connectivity index (χ1) is 6.68. The van der Waals surface area contributed by atoms with Crippen molar-refractivity contribution in [3.63, 3.8) is 0 Å². The van der Waals surface area contributed by atoms with Crippen molar-refractivity contribution in [3.05, 3.63) is 23.0 Å². The highest BCUT2D eigenvalue weighted by Crippen LogP contribution is 2.33. The van der Waals surface area contributed by atoms with Crippen molar-refractivity contribution in [2.45, 2.75) is 18.9 Å². The number of halogens is 1. The van der Waals surface area contributed by atoms with E-state index in [0.29, 0.717) is 5.75 Å². The number of carbonyl (C=O) groups is 1. The van der Waals surface area contributed by atoms with Crippen LogP contribution in [0.1, 0.15) is 23.2 Å². The van der Waals surface area contributed by atoms with Gasteiger partial charge in [0.25, 0.3) is 5.91 Å². The van der Waals surface area contributed by atoms with Crippen LogP contribution in [0.5, 0.6) is 5.75 Å². The number of amides is 1. The Bertz CT molecular complexity index is 377. The lowest BCUT2D eigenvalue weighted by atomic mass is 10.2. The lowest BCUT2D eigenvalue weighted by Crippen LogP contribution is -2.14. The van der Waals surface area contributed by atoms with E-state index in [4.69, 9.17) is 22.1 Å². The van der Waals surface area contributed by atoms with E-state index in [1.165, 1.54) is 12.3 Å². The summed E-state index contributed by atoms with van der Waals surface area (Å²) in [4.78, 5) is 14.9. The number of nitrogens with two attached hydrogens (primary N) is 1. The van der Waals surface area contributed by atoms with E-state index in [1.54, 1.807) is 0 Å². The fraction of sp³-hybridized carbons (Fsp3) is 0.333. The van der Waals surface area contributed by atoms with Gasteiger partial charge in [0.2, 0.25) is 0 Å². The van der Waals surface area contributed by atoms with Crippen molar-refractivity contribution in [3.8, 4) is 5.75 Å². The maximum Gasteiger partial charge on any atom is 0.252 e. The number of nitrogens with zero attached hydrogens (tertiary/aromatic N) is 1. The fourth-order valence-electron chi connectivity index (χ4n) is 1.08. The lowest BCUT2D eigenvalue weighted by Gasteiger charge is -2.08. The second-order valence-corrected chi connectivity index (χ2v) is 3.52. The predicted molar refractivity (Wildman–Crippen MR) is 51.4 cm³/mol. The van der Waals surface area contributed by atoms with Crippen LogP contribution in [0.4, 0.5) is 0 Å². The highest BCUT2D eigenvalue weighted by atomic mass is 35.5. The molecule has 1 amide bonds. The molecule has 0 unspecified atom stereocenters. The second kappa shape index (κ2) is 3.46. The molecule has 1 fully saturated rings. The van der Waals surface area contributed by atoms with Crippen LogP contribution in [-0.4, -0.2) is 17.0 Å². The van der Waals surface area contributed by atoms with Crippen LogP contribution in [0.15, 0.2) is 12.3 Å². The number of carbonyl (C=O) groups excluding carboxylic acids is 1. The smallest absolute Gasteiger partial charge is 0.252 e. The number of aromatic nitrogens is 1. The van der Waals surface area contributed by atoms with E-state index in [2.05, 4.69) is 4.98 Å². The molecule has 0 aromatic carbocycles. The molecule has 4 nitrogen and oxygen atoms in total. The zero-order valence-corrected chi connectivity index (χ0v) is 8.12. The van der Waals surface area contributed by atoms with Gasteiger partial charge in [0, 0.05) is 6.20 Å². The third kappa shape index (κ3) is 1.80. The number of ether oxygens (including phenoxy) is 1. The lowest BCUT2D eigenvalue weighted by molar-refractivity contribution is 0.0996. The number of primary amides is 1. The van der Waals surface area contributed by atoms with E-state index >= 15 is 0 Å². The Kier molecular flexibility index (Phi) is 2.29. The molecule has 5 heteroatoms. The first-order valence-corrected chi connectivity index (χ1v) is 4.67. The Hall–Kier alpha value is -1.29. The predicted octanol–water partition coefficient (Wildman–Crippen LogP) is 1.38. The van der Waals surface area contributed by atoms with Crippen molar-refractivity contribution in [2.75, 3.05) is 0 Å². The molecule has 0 spiro atoms. The molecule has 0 radical (unpaired) electrons. The molecule has 74 valence electrons. The van der Waals surface area contributed by atoms with Crippen LogP contribution in [-0.2, 0) is 0 Å². The molecule has 1 aromatic heterocycles. The van der Waals surface area contributed by atoms with Gasteiger partial charge in [-0.1, -0.05) is 11.6 Å². The summed E-state index contributed by atoms with van der Waals surface area (Å²) in [5, 5.41) is 0.188. The summed E-state index contributed by atoms with van der Waals surface area (Å²) >= 11 is 5.80. The minimum atomic E-state index is -0.551. The third-order valence-corrected chi connectivity index (χ3v) is 2.20. The van der Waals surface area contributed by atoms with E-state index in [1.807, 2.05) is 0 Å². The topological polar surface area (TPSA) is 65.2 Å². The van der Waals surface area contributed by atoms with Gasteiger partial charge in [-0.05, 0) is 18.9 Å². The summed E-state index contributed by atoms with van der Waals surface area (Å²) in [5.74, 6) is -0.242. The van der Waals surface area contributed by atoms with E-state index < -0.39 is 5.91 Å². The van der Waals surface area contributed by atoms with Crippen LogP contribution < -0.4 is 10.5 Å².